The number of piperidine rings is 1. The summed E-state index contributed by atoms with van der Waals surface area (Å²) in [4.78, 5) is 33.3. The number of nitrogens with zero attached hydrogens (tertiary/aromatic N) is 4. The number of oxazole rings is 1. The second-order valence-electron chi connectivity index (χ2n) is 8.59. The zero-order valence-corrected chi connectivity index (χ0v) is 18.7. The first-order chi connectivity index (χ1) is 16.6. The molecule has 0 bridgehead atoms. The van der Waals surface area contributed by atoms with E-state index in [4.69, 9.17) is 8.83 Å². The topological polar surface area (TPSA) is 116 Å². The lowest BCUT2D eigenvalue weighted by molar-refractivity contribution is -0.120. The lowest BCUT2D eigenvalue weighted by Crippen LogP contribution is -2.38. The van der Waals surface area contributed by atoms with Crippen LogP contribution in [0, 0.1) is 17.2 Å². The van der Waals surface area contributed by atoms with Crippen molar-refractivity contribution in [3.05, 3.63) is 53.9 Å². The van der Waals surface area contributed by atoms with Crippen LogP contribution in [0.25, 0.3) is 11.7 Å². The number of nitriles is 1. The van der Waals surface area contributed by atoms with Crippen LogP contribution in [0.2, 0.25) is 0 Å². The molecule has 0 radical (unpaired) electrons. The van der Waals surface area contributed by atoms with Crippen LogP contribution in [0.5, 0.6) is 0 Å². The maximum Gasteiger partial charge on any atom is 0.266 e. The molecule has 9 heteroatoms. The maximum absolute atomic E-state index is 12.8. The van der Waals surface area contributed by atoms with Crippen molar-refractivity contribution >= 4 is 23.4 Å². The van der Waals surface area contributed by atoms with Crippen LogP contribution >= 0.6 is 0 Å². The molecule has 0 spiro atoms. The molecule has 0 atom stereocenters. The number of anilines is 2. The first-order valence-electron chi connectivity index (χ1n) is 11.5. The molecule has 0 saturated carbocycles. The van der Waals surface area contributed by atoms with Gasteiger partial charge in [-0.05, 0) is 62.1 Å². The van der Waals surface area contributed by atoms with Crippen LogP contribution in [-0.2, 0) is 4.79 Å². The Hall–Kier alpha value is -4.06. The molecule has 3 aromatic rings. The van der Waals surface area contributed by atoms with Gasteiger partial charge in [0.2, 0.25) is 17.5 Å². The fourth-order valence-corrected chi connectivity index (χ4v) is 4.49. The van der Waals surface area contributed by atoms with Gasteiger partial charge in [-0.3, -0.25) is 9.59 Å². The Morgan fingerprint density at radius 1 is 1.06 bits per heavy atom. The van der Waals surface area contributed by atoms with E-state index in [1.165, 1.54) is 6.26 Å². The number of likely N-dealkylation sites (tertiary alicyclic amines) is 1. The van der Waals surface area contributed by atoms with Gasteiger partial charge >= 0.3 is 0 Å². The van der Waals surface area contributed by atoms with Crippen LogP contribution in [0.15, 0.2) is 51.5 Å². The van der Waals surface area contributed by atoms with Gasteiger partial charge in [0, 0.05) is 43.3 Å². The number of hydrogen-bond acceptors (Lipinski definition) is 7. The molecule has 4 heterocycles. The van der Waals surface area contributed by atoms with Crippen LogP contribution in [0.3, 0.4) is 0 Å². The molecule has 9 nitrogen and oxygen atoms in total. The molecule has 34 heavy (non-hydrogen) atoms. The third-order valence-electron chi connectivity index (χ3n) is 6.39. The highest BCUT2D eigenvalue weighted by molar-refractivity contribution is 5.96. The van der Waals surface area contributed by atoms with E-state index < -0.39 is 0 Å². The summed E-state index contributed by atoms with van der Waals surface area (Å²) in [5.41, 5.74) is 1.52. The Bertz CT molecular complexity index is 1200. The van der Waals surface area contributed by atoms with Gasteiger partial charge in [0.15, 0.2) is 5.76 Å². The standard InChI is InChI=1S/C25H25N5O4/c26-16-20-25(34-23(28-20)21-4-3-15-33-21)30-13-9-17(10-14-30)22(31)27-19-7-5-18(6-8-19)24(32)29-11-1-2-12-29/h3-8,15,17H,1-2,9-14H2,(H,27,31). The molecule has 5 rings (SSSR count). The molecule has 0 aliphatic carbocycles. The Balaban J connectivity index is 1.17. The van der Waals surface area contributed by atoms with Crippen molar-refractivity contribution in [2.24, 2.45) is 5.92 Å². The van der Waals surface area contributed by atoms with Gasteiger partial charge in [0.25, 0.3) is 11.8 Å². The molecule has 1 N–H and O–H groups in total. The second kappa shape index (κ2) is 9.43. The largest absolute Gasteiger partial charge is 0.459 e. The van der Waals surface area contributed by atoms with E-state index in [-0.39, 0.29) is 29.3 Å². The van der Waals surface area contributed by atoms with Crippen LogP contribution in [0.1, 0.15) is 41.7 Å². The minimum absolute atomic E-state index is 0.0436. The average Bonchev–Trinajstić information content (AvgIpc) is 3.65. The number of carbonyl (C=O) groups is 2. The highest BCUT2D eigenvalue weighted by Gasteiger charge is 2.29. The third-order valence-corrected chi connectivity index (χ3v) is 6.39. The monoisotopic (exact) mass is 459 g/mol. The number of amides is 2. The van der Waals surface area contributed by atoms with E-state index >= 15 is 0 Å². The maximum atomic E-state index is 12.8. The summed E-state index contributed by atoms with van der Waals surface area (Å²) in [6.07, 6.45) is 4.88. The van der Waals surface area contributed by atoms with Crippen LogP contribution in [-0.4, -0.2) is 47.9 Å². The van der Waals surface area contributed by atoms with Crippen molar-refractivity contribution in [2.75, 3.05) is 36.4 Å². The predicted molar refractivity (Wildman–Crippen MR) is 124 cm³/mol. The van der Waals surface area contributed by atoms with E-state index in [0.717, 1.165) is 25.9 Å². The quantitative estimate of drug-likeness (QED) is 0.615. The van der Waals surface area contributed by atoms with E-state index in [1.807, 2.05) is 9.80 Å². The molecule has 2 aromatic heterocycles. The first kappa shape index (κ1) is 21.8. The molecule has 2 aliphatic heterocycles. The number of nitrogens with one attached hydrogen (secondary N) is 1. The highest BCUT2D eigenvalue weighted by Crippen LogP contribution is 2.31. The fourth-order valence-electron chi connectivity index (χ4n) is 4.49. The smallest absolute Gasteiger partial charge is 0.266 e. The van der Waals surface area contributed by atoms with Gasteiger partial charge in [-0.25, -0.2) is 0 Å². The Morgan fingerprint density at radius 2 is 1.79 bits per heavy atom. The number of rotatable bonds is 5. The molecule has 2 amide bonds. The van der Waals surface area contributed by atoms with Crippen molar-refractivity contribution in [3.63, 3.8) is 0 Å². The van der Waals surface area contributed by atoms with Crippen molar-refractivity contribution in [1.29, 1.82) is 5.26 Å². The number of furan rings is 1. The number of aromatic nitrogens is 1. The lowest BCUT2D eigenvalue weighted by atomic mass is 9.95. The van der Waals surface area contributed by atoms with Gasteiger partial charge in [-0.1, -0.05) is 0 Å². The van der Waals surface area contributed by atoms with Crippen LogP contribution in [0.4, 0.5) is 11.6 Å². The van der Waals surface area contributed by atoms with Gasteiger partial charge in [0.05, 0.1) is 6.26 Å². The van der Waals surface area contributed by atoms with Crippen molar-refractivity contribution < 1.29 is 18.4 Å². The lowest BCUT2D eigenvalue weighted by Gasteiger charge is -2.31. The van der Waals surface area contributed by atoms with Crippen molar-refractivity contribution in [3.8, 4) is 17.7 Å². The van der Waals surface area contributed by atoms with E-state index in [9.17, 15) is 14.9 Å². The summed E-state index contributed by atoms with van der Waals surface area (Å²) in [5, 5.41) is 12.4. The molecular formula is C25H25N5O4. The third kappa shape index (κ3) is 4.39. The average molecular weight is 460 g/mol. The van der Waals surface area contributed by atoms with Gasteiger partial charge in [-0.2, -0.15) is 10.2 Å². The molecule has 2 saturated heterocycles. The minimum Gasteiger partial charge on any atom is -0.459 e. The summed E-state index contributed by atoms with van der Waals surface area (Å²) in [7, 11) is 0. The molecule has 174 valence electrons. The summed E-state index contributed by atoms with van der Waals surface area (Å²) in [6.45, 7) is 2.76. The summed E-state index contributed by atoms with van der Waals surface area (Å²) in [5.74, 6) is 0.981. The minimum atomic E-state index is -0.153. The normalized spacial score (nSPS) is 16.4. The molecule has 1 aromatic carbocycles. The number of benzene rings is 1. The fraction of sp³-hybridized carbons (Fsp3) is 0.360. The second-order valence-corrected chi connectivity index (χ2v) is 8.59. The summed E-state index contributed by atoms with van der Waals surface area (Å²) < 4.78 is 11.1. The van der Waals surface area contributed by atoms with Gasteiger partial charge < -0.3 is 24.0 Å². The predicted octanol–water partition coefficient (Wildman–Crippen LogP) is 3.90. The molecule has 2 aliphatic rings. The van der Waals surface area contributed by atoms with Crippen LogP contribution < -0.4 is 10.2 Å². The molecule has 2 fully saturated rings. The van der Waals surface area contributed by atoms with E-state index in [2.05, 4.69) is 16.4 Å². The molecular weight excluding hydrogens is 434 g/mol. The number of carbonyl (C=O) groups excluding carboxylic acids is 2. The molecule has 0 unspecified atom stereocenters. The van der Waals surface area contributed by atoms with E-state index in [1.54, 1.807) is 36.4 Å². The number of hydrogen-bond donors (Lipinski definition) is 1. The highest BCUT2D eigenvalue weighted by atomic mass is 16.4. The Kier molecular flexibility index (Phi) is 6.04. The summed E-state index contributed by atoms with van der Waals surface area (Å²) >= 11 is 0. The van der Waals surface area contributed by atoms with Crippen molar-refractivity contribution in [1.82, 2.24) is 9.88 Å². The summed E-state index contributed by atoms with van der Waals surface area (Å²) in [6, 6.07) is 12.6. The van der Waals surface area contributed by atoms with Crippen molar-refractivity contribution in [2.45, 2.75) is 25.7 Å². The zero-order valence-electron chi connectivity index (χ0n) is 18.7. The van der Waals surface area contributed by atoms with Gasteiger partial charge in [0.1, 0.15) is 6.07 Å². The Labute approximate surface area is 197 Å². The SMILES string of the molecule is N#Cc1nc(-c2ccco2)oc1N1CCC(C(=O)Nc2ccc(C(=O)N3CCCC3)cc2)CC1. The first-order valence-corrected chi connectivity index (χ1v) is 11.5. The van der Waals surface area contributed by atoms with Gasteiger partial charge in [-0.15, -0.1) is 0 Å². The Morgan fingerprint density at radius 3 is 2.44 bits per heavy atom. The van der Waals surface area contributed by atoms with E-state index in [0.29, 0.717) is 48.8 Å². The zero-order chi connectivity index (χ0) is 23.5.